The van der Waals surface area contributed by atoms with Gasteiger partial charge in [0.05, 0.1) is 11.2 Å². The van der Waals surface area contributed by atoms with Gasteiger partial charge in [0.1, 0.15) is 22.3 Å². The van der Waals surface area contributed by atoms with Crippen LogP contribution in [-0.2, 0) is 0 Å². The van der Waals surface area contributed by atoms with E-state index in [2.05, 4.69) is 44.2 Å². The molecular weight excluding hydrogens is 384 g/mol. The fourth-order valence-corrected chi connectivity index (χ4v) is 4.12. The highest BCUT2D eigenvalue weighted by atomic mass is 32.1. The average Bonchev–Trinajstić information content (AvgIpc) is 3.15. The lowest BCUT2D eigenvalue weighted by atomic mass is 10.2. The van der Waals surface area contributed by atoms with E-state index in [-0.39, 0.29) is 5.91 Å². The highest BCUT2D eigenvalue weighted by molar-refractivity contribution is 7.11. The van der Waals surface area contributed by atoms with Crippen LogP contribution in [0.25, 0.3) is 0 Å². The number of nitrogens with zero attached hydrogens (tertiary/aromatic N) is 5. The highest BCUT2D eigenvalue weighted by Crippen LogP contribution is 2.22. The third-order valence-electron chi connectivity index (χ3n) is 4.98. The number of carbonyl (C=O) groups excluding carboxylic acids is 1. The molecule has 8 heteroatoms. The van der Waals surface area contributed by atoms with Crippen molar-refractivity contribution in [1.82, 2.24) is 19.9 Å². The SMILES string of the molecule is Cc1ccc(Nc2cc(N3CCN(C(=O)c4scnc4C)CC3)nc(C)n2)cc1. The molecule has 2 aromatic heterocycles. The fourth-order valence-electron chi connectivity index (χ4n) is 3.35. The minimum absolute atomic E-state index is 0.0743. The van der Waals surface area contributed by atoms with Crippen LogP contribution in [0.2, 0.25) is 0 Å². The van der Waals surface area contributed by atoms with Crippen molar-refractivity contribution >= 4 is 34.6 Å². The van der Waals surface area contributed by atoms with E-state index in [4.69, 9.17) is 0 Å². The summed E-state index contributed by atoms with van der Waals surface area (Å²) in [4.78, 5) is 30.9. The summed E-state index contributed by atoms with van der Waals surface area (Å²) >= 11 is 1.41. The van der Waals surface area contributed by atoms with Gasteiger partial charge in [-0.15, -0.1) is 11.3 Å². The number of aryl methyl sites for hydroxylation is 3. The maximum Gasteiger partial charge on any atom is 0.265 e. The number of benzene rings is 1. The number of hydrogen-bond donors (Lipinski definition) is 1. The number of carbonyl (C=O) groups is 1. The largest absolute Gasteiger partial charge is 0.353 e. The first-order chi connectivity index (χ1) is 14.0. The van der Waals surface area contributed by atoms with Gasteiger partial charge in [-0.3, -0.25) is 4.79 Å². The Labute approximate surface area is 174 Å². The van der Waals surface area contributed by atoms with Gasteiger partial charge in [-0.2, -0.15) is 0 Å². The molecule has 1 N–H and O–H groups in total. The van der Waals surface area contributed by atoms with Crippen molar-refractivity contribution in [3.8, 4) is 0 Å². The zero-order chi connectivity index (χ0) is 20.4. The van der Waals surface area contributed by atoms with Crippen molar-refractivity contribution in [3.63, 3.8) is 0 Å². The third kappa shape index (κ3) is 4.37. The summed E-state index contributed by atoms with van der Waals surface area (Å²) in [5.41, 5.74) is 4.75. The summed E-state index contributed by atoms with van der Waals surface area (Å²) in [7, 11) is 0. The molecule has 3 heterocycles. The maximum atomic E-state index is 12.7. The Balaban J connectivity index is 1.44. The van der Waals surface area contributed by atoms with Crippen LogP contribution < -0.4 is 10.2 Å². The van der Waals surface area contributed by atoms with Crippen LogP contribution >= 0.6 is 11.3 Å². The molecule has 0 bridgehead atoms. The molecule has 0 aliphatic carbocycles. The van der Waals surface area contributed by atoms with E-state index >= 15 is 0 Å². The van der Waals surface area contributed by atoms with Crippen molar-refractivity contribution in [2.45, 2.75) is 20.8 Å². The van der Waals surface area contributed by atoms with Crippen LogP contribution in [0.5, 0.6) is 0 Å². The summed E-state index contributed by atoms with van der Waals surface area (Å²) in [5.74, 6) is 2.45. The Morgan fingerprint density at radius 2 is 1.76 bits per heavy atom. The van der Waals surface area contributed by atoms with E-state index in [0.717, 1.165) is 46.8 Å². The van der Waals surface area contributed by atoms with E-state index in [1.54, 1.807) is 5.51 Å². The molecule has 0 unspecified atom stereocenters. The average molecular weight is 409 g/mol. The third-order valence-corrected chi connectivity index (χ3v) is 5.90. The Hall–Kier alpha value is -3.00. The normalized spacial score (nSPS) is 14.2. The van der Waals surface area contributed by atoms with Crippen LogP contribution in [0, 0.1) is 20.8 Å². The zero-order valence-corrected chi connectivity index (χ0v) is 17.7. The van der Waals surface area contributed by atoms with Gasteiger partial charge in [-0.1, -0.05) is 17.7 Å². The molecule has 1 saturated heterocycles. The second-order valence-corrected chi connectivity index (χ2v) is 8.05. The van der Waals surface area contributed by atoms with Crippen molar-refractivity contribution in [1.29, 1.82) is 0 Å². The fraction of sp³-hybridized carbons (Fsp3) is 0.333. The topological polar surface area (TPSA) is 74.2 Å². The molecule has 4 rings (SSSR count). The first kappa shape index (κ1) is 19.3. The van der Waals surface area contributed by atoms with E-state index in [1.807, 2.05) is 36.9 Å². The molecule has 0 radical (unpaired) electrons. The molecule has 29 heavy (non-hydrogen) atoms. The van der Waals surface area contributed by atoms with E-state index < -0.39 is 0 Å². The molecule has 1 aromatic carbocycles. The number of hydrogen-bond acceptors (Lipinski definition) is 7. The molecule has 1 aliphatic heterocycles. The van der Waals surface area contributed by atoms with Crippen LogP contribution in [0.4, 0.5) is 17.3 Å². The Kier molecular flexibility index (Phi) is 5.44. The van der Waals surface area contributed by atoms with Crippen LogP contribution in [0.3, 0.4) is 0 Å². The summed E-state index contributed by atoms with van der Waals surface area (Å²) in [5, 5.41) is 3.36. The molecule has 150 valence electrons. The molecule has 7 nitrogen and oxygen atoms in total. The van der Waals surface area contributed by atoms with Gasteiger partial charge in [-0.05, 0) is 32.9 Å². The number of anilines is 3. The second-order valence-electron chi connectivity index (χ2n) is 7.20. The van der Waals surface area contributed by atoms with Gasteiger partial charge < -0.3 is 15.1 Å². The van der Waals surface area contributed by atoms with Gasteiger partial charge in [0.15, 0.2) is 0 Å². The molecular formula is C21H24N6OS. The number of piperazine rings is 1. The number of rotatable bonds is 4. The second kappa shape index (κ2) is 8.16. The lowest BCUT2D eigenvalue weighted by molar-refractivity contribution is 0.0750. The first-order valence-electron chi connectivity index (χ1n) is 9.63. The zero-order valence-electron chi connectivity index (χ0n) is 16.8. The monoisotopic (exact) mass is 408 g/mol. The molecule has 3 aromatic rings. The number of nitrogens with one attached hydrogen (secondary N) is 1. The van der Waals surface area contributed by atoms with Gasteiger partial charge in [0, 0.05) is 37.9 Å². The van der Waals surface area contributed by atoms with Crippen LogP contribution in [0.15, 0.2) is 35.8 Å². The first-order valence-corrected chi connectivity index (χ1v) is 10.5. The van der Waals surface area contributed by atoms with E-state index in [0.29, 0.717) is 13.1 Å². The van der Waals surface area contributed by atoms with E-state index in [9.17, 15) is 4.79 Å². The van der Waals surface area contributed by atoms with Crippen molar-refractivity contribution in [3.05, 3.63) is 57.8 Å². The highest BCUT2D eigenvalue weighted by Gasteiger charge is 2.25. The Bertz CT molecular complexity index is 1010. The minimum Gasteiger partial charge on any atom is -0.353 e. The predicted molar refractivity (Wildman–Crippen MR) is 116 cm³/mol. The van der Waals surface area contributed by atoms with Crippen molar-refractivity contribution in [2.75, 3.05) is 36.4 Å². The maximum absolute atomic E-state index is 12.7. The van der Waals surface area contributed by atoms with Gasteiger partial charge in [0.25, 0.3) is 5.91 Å². The molecule has 0 spiro atoms. The van der Waals surface area contributed by atoms with Crippen molar-refractivity contribution < 1.29 is 4.79 Å². The molecule has 0 saturated carbocycles. The Morgan fingerprint density at radius 1 is 1.03 bits per heavy atom. The molecule has 0 atom stereocenters. The number of amides is 1. The van der Waals surface area contributed by atoms with Gasteiger partial charge in [0.2, 0.25) is 0 Å². The molecule has 1 aliphatic rings. The number of thiazole rings is 1. The molecule has 1 amide bonds. The summed E-state index contributed by atoms with van der Waals surface area (Å²) in [6, 6.07) is 10.2. The summed E-state index contributed by atoms with van der Waals surface area (Å²) in [6.45, 7) is 8.66. The van der Waals surface area contributed by atoms with Gasteiger partial charge >= 0.3 is 0 Å². The molecule has 1 fully saturated rings. The number of aromatic nitrogens is 3. The van der Waals surface area contributed by atoms with Gasteiger partial charge in [-0.25, -0.2) is 15.0 Å². The van der Waals surface area contributed by atoms with Crippen LogP contribution in [0.1, 0.15) is 26.8 Å². The Morgan fingerprint density at radius 3 is 2.41 bits per heavy atom. The summed E-state index contributed by atoms with van der Waals surface area (Å²) in [6.07, 6.45) is 0. The quantitative estimate of drug-likeness (QED) is 0.711. The van der Waals surface area contributed by atoms with Crippen molar-refractivity contribution in [2.24, 2.45) is 0 Å². The smallest absolute Gasteiger partial charge is 0.265 e. The predicted octanol–water partition coefficient (Wildman–Crippen LogP) is 3.56. The minimum atomic E-state index is 0.0743. The lowest BCUT2D eigenvalue weighted by Crippen LogP contribution is -2.49. The standard InChI is InChI=1S/C21H24N6OS/c1-14-4-6-17(7-5-14)25-18-12-19(24-16(3)23-18)26-8-10-27(11-9-26)21(28)20-15(2)22-13-29-20/h4-7,12-13H,8-11H2,1-3H3,(H,23,24,25). The summed E-state index contributed by atoms with van der Waals surface area (Å²) < 4.78 is 0. The van der Waals surface area contributed by atoms with Crippen LogP contribution in [-0.4, -0.2) is 51.9 Å². The van der Waals surface area contributed by atoms with E-state index in [1.165, 1.54) is 16.9 Å². The lowest BCUT2D eigenvalue weighted by Gasteiger charge is -2.35.